The summed E-state index contributed by atoms with van der Waals surface area (Å²) >= 11 is 0. The fourth-order valence-corrected chi connectivity index (χ4v) is 5.29. The van der Waals surface area contributed by atoms with Crippen molar-refractivity contribution in [1.29, 1.82) is 0 Å². The Kier molecular flexibility index (Phi) is 4.55. The third-order valence-corrected chi connectivity index (χ3v) is 6.92. The van der Waals surface area contributed by atoms with Crippen molar-refractivity contribution < 1.29 is 4.42 Å². The number of hydrogen-bond acceptors (Lipinski definition) is 3. The highest BCUT2D eigenvalue weighted by Crippen LogP contribution is 2.38. The van der Waals surface area contributed by atoms with Gasteiger partial charge >= 0.3 is 0 Å². The zero-order valence-electron chi connectivity index (χ0n) is 20.1. The monoisotopic (exact) mass is 465 g/mol. The molecule has 0 radical (unpaired) electrons. The zero-order valence-corrected chi connectivity index (χ0v) is 20.1. The molecular formula is C32H23N3O. The van der Waals surface area contributed by atoms with E-state index >= 15 is 0 Å². The first kappa shape index (κ1) is 20.7. The second-order valence-corrected chi connectivity index (χ2v) is 9.18. The van der Waals surface area contributed by atoms with Crippen LogP contribution in [0.25, 0.3) is 61.2 Å². The second-order valence-electron chi connectivity index (χ2n) is 9.18. The topological polar surface area (TPSA) is 43.9 Å². The van der Waals surface area contributed by atoms with Gasteiger partial charge in [-0.3, -0.25) is 9.55 Å². The van der Waals surface area contributed by atoms with Crippen molar-refractivity contribution in [1.82, 2.24) is 14.5 Å². The van der Waals surface area contributed by atoms with Crippen molar-refractivity contribution in [3.05, 3.63) is 115 Å². The fraction of sp³-hybridized carbons (Fsp3) is 0.0625. The van der Waals surface area contributed by atoms with Crippen LogP contribution >= 0.6 is 0 Å². The minimum atomic E-state index is 0.870. The number of para-hydroxylation sites is 2. The Morgan fingerprint density at radius 2 is 1.50 bits per heavy atom. The van der Waals surface area contributed by atoms with Gasteiger partial charge in [0.05, 0.1) is 16.9 Å². The van der Waals surface area contributed by atoms with Gasteiger partial charge in [0, 0.05) is 28.1 Å². The van der Waals surface area contributed by atoms with Crippen LogP contribution in [-0.4, -0.2) is 14.5 Å². The zero-order chi connectivity index (χ0) is 24.2. The molecule has 0 saturated heterocycles. The molecule has 0 aliphatic rings. The molecule has 0 saturated carbocycles. The highest BCUT2D eigenvalue weighted by molar-refractivity contribution is 6.07. The molecule has 0 N–H and O–H groups in total. The van der Waals surface area contributed by atoms with E-state index in [1.807, 2.05) is 37.4 Å². The summed E-state index contributed by atoms with van der Waals surface area (Å²) in [6, 6.07) is 33.6. The Bertz CT molecular complexity index is 1910. The van der Waals surface area contributed by atoms with Gasteiger partial charge in [-0.2, -0.15) is 0 Å². The molecule has 172 valence electrons. The quantitative estimate of drug-likeness (QED) is 0.264. The minimum absolute atomic E-state index is 0.870. The molecule has 4 aromatic carbocycles. The van der Waals surface area contributed by atoms with Gasteiger partial charge in [0.25, 0.3) is 0 Å². The summed E-state index contributed by atoms with van der Waals surface area (Å²) in [7, 11) is 0. The first-order valence-electron chi connectivity index (χ1n) is 12.1. The van der Waals surface area contributed by atoms with E-state index in [1.54, 1.807) is 0 Å². The lowest BCUT2D eigenvalue weighted by Crippen LogP contribution is -2.00. The Morgan fingerprint density at radius 1 is 0.722 bits per heavy atom. The van der Waals surface area contributed by atoms with Gasteiger partial charge in [-0.25, -0.2) is 4.98 Å². The maximum absolute atomic E-state index is 6.28. The van der Waals surface area contributed by atoms with Crippen molar-refractivity contribution in [3.63, 3.8) is 0 Å². The van der Waals surface area contributed by atoms with E-state index in [0.29, 0.717) is 0 Å². The smallest absolute Gasteiger partial charge is 0.145 e. The van der Waals surface area contributed by atoms with Gasteiger partial charge in [-0.15, -0.1) is 0 Å². The second kappa shape index (κ2) is 7.92. The van der Waals surface area contributed by atoms with E-state index in [4.69, 9.17) is 9.40 Å². The number of aryl methyl sites for hydroxylation is 2. The summed E-state index contributed by atoms with van der Waals surface area (Å²) < 4.78 is 8.54. The van der Waals surface area contributed by atoms with Crippen molar-refractivity contribution in [2.24, 2.45) is 0 Å². The number of hydrogen-bond donors (Lipinski definition) is 0. The summed E-state index contributed by atoms with van der Waals surface area (Å²) in [4.78, 5) is 9.69. The van der Waals surface area contributed by atoms with E-state index in [0.717, 1.165) is 72.4 Å². The normalized spacial score (nSPS) is 11.6. The van der Waals surface area contributed by atoms with E-state index in [9.17, 15) is 0 Å². The van der Waals surface area contributed by atoms with Crippen molar-refractivity contribution in [2.75, 3.05) is 0 Å². The third-order valence-electron chi connectivity index (χ3n) is 6.92. The number of fused-ring (bicyclic) bond motifs is 4. The van der Waals surface area contributed by atoms with Gasteiger partial charge in [-0.05, 0) is 55.3 Å². The molecule has 0 spiro atoms. The average molecular weight is 466 g/mol. The molecule has 0 aliphatic heterocycles. The largest absolute Gasteiger partial charge is 0.456 e. The summed E-state index contributed by atoms with van der Waals surface area (Å²) in [5.41, 5.74) is 10.2. The van der Waals surface area contributed by atoms with Crippen LogP contribution in [0.15, 0.2) is 108 Å². The molecule has 0 amide bonds. The number of furan rings is 1. The lowest BCUT2D eigenvalue weighted by Gasteiger charge is -2.15. The fourth-order valence-electron chi connectivity index (χ4n) is 5.29. The summed E-state index contributed by atoms with van der Waals surface area (Å²) in [5.74, 6) is 0.870. The van der Waals surface area contributed by atoms with Gasteiger partial charge in [0.15, 0.2) is 0 Å². The molecule has 4 nitrogen and oxygen atoms in total. The SMILES string of the molecule is Cc1nccc2c1nc(-c1cc(C)c3c(c1)oc1ccccc13)n2-c1ccccc1-c1ccccc1. The molecule has 4 heteroatoms. The van der Waals surface area contributed by atoms with Gasteiger partial charge in [-0.1, -0.05) is 66.7 Å². The van der Waals surface area contributed by atoms with Crippen LogP contribution in [0.3, 0.4) is 0 Å². The highest BCUT2D eigenvalue weighted by Gasteiger charge is 2.20. The predicted molar refractivity (Wildman–Crippen MR) is 146 cm³/mol. The third kappa shape index (κ3) is 3.08. The van der Waals surface area contributed by atoms with Crippen LogP contribution in [-0.2, 0) is 0 Å². The summed E-state index contributed by atoms with van der Waals surface area (Å²) in [6.45, 7) is 4.16. The number of benzene rings is 4. The number of nitrogens with zero attached hydrogens (tertiary/aromatic N) is 3. The summed E-state index contributed by atoms with van der Waals surface area (Å²) in [6.07, 6.45) is 1.86. The lowest BCUT2D eigenvalue weighted by molar-refractivity contribution is 0.669. The molecule has 7 rings (SSSR count). The van der Waals surface area contributed by atoms with Crippen LogP contribution in [0.2, 0.25) is 0 Å². The summed E-state index contributed by atoms with van der Waals surface area (Å²) in [5, 5.41) is 2.29. The van der Waals surface area contributed by atoms with E-state index < -0.39 is 0 Å². The Hall–Kier alpha value is -4.70. The number of pyridine rings is 1. The lowest BCUT2D eigenvalue weighted by atomic mass is 10.0. The van der Waals surface area contributed by atoms with Crippen molar-refractivity contribution in [2.45, 2.75) is 13.8 Å². The maximum Gasteiger partial charge on any atom is 0.145 e. The first-order valence-corrected chi connectivity index (χ1v) is 12.1. The standard InChI is InChI=1S/C32H23N3O/c1-20-18-23(19-29-30(20)25-13-7-9-15-28(25)36-29)32-34-31-21(2)33-17-16-27(31)35(32)26-14-8-6-12-24(26)22-10-4-3-5-11-22/h3-19H,1-2H3. The van der Waals surface area contributed by atoms with Crippen molar-refractivity contribution >= 4 is 33.0 Å². The predicted octanol–water partition coefficient (Wildman–Crippen LogP) is 8.27. The van der Waals surface area contributed by atoms with Gasteiger partial charge in [0.2, 0.25) is 0 Å². The first-order chi connectivity index (χ1) is 17.7. The van der Waals surface area contributed by atoms with E-state index in [1.165, 1.54) is 0 Å². The van der Waals surface area contributed by atoms with E-state index in [-0.39, 0.29) is 0 Å². The number of imidazole rings is 1. The molecule has 3 heterocycles. The molecule has 0 atom stereocenters. The van der Waals surface area contributed by atoms with Crippen LogP contribution in [0, 0.1) is 13.8 Å². The van der Waals surface area contributed by atoms with Crippen LogP contribution in [0.1, 0.15) is 11.3 Å². The van der Waals surface area contributed by atoms with Crippen molar-refractivity contribution in [3.8, 4) is 28.2 Å². The maximum atomic E-state index is 6.28. The molecule has 36 heavy (non-hydrogen) atoms. The Labute approximate surface area is 208 Å². The van der Waals surface area contributed by atoms with Crippen LogP contribution in [0.4, 0.5) is 0 Å². The Morgan fingerprint density at radius 3 is 2.39 bits per heavy atom. The molecule has 0 fully saturated rings. The molecular weight excluding hydrogens is 442 g/mol. The molecule has 7 aromatic rings. The van der Waals surface area contributed by atoms with Gasteiger partial charge < -0.3 is 4.42 Å². The minimum Gasteiger partial charge on any atom is -0.456 e. The Balaban J connectivity index is 1.56. The number of aromatic nitrogens is 3. The molecule has 3 aromatic heterocycles. The molecule has 0 aliphatic carbocycles. The van der Waals surface area contributed by atoms with Crippen LogP contribution < -0.4 is 0 Å². The van der Waals surface area contributed by atoms with Crippen LogP contribution in [0.5, 0.6) is 0 Å². The number of rotatable bonds is 3. The molecule has 0 bridgehead atoms. The average Bonchev–Trinajstić information content (AvgIpc) is 3.49. The van der Waals surface area contributed by atoms with E-state index in [2.05, 4.69) is 89.3 Å². The van der Waals surface area contributed by atoms with Gasteiger partial charge in [0.1, 0.15) is 22.5 Å². The molecule has 0 unspecified atom stereocenters. The highest BCUT2D eigenvalue weighted by atomic mass is 16.3.